The summed E-state index contributed by atoms with van der Waals surface area (Å²) in [5.41, 5.74) is 8.11. The number of rotatable bonds is 8. The quantitative estimate of drug-likeness (QED) is 0.701. The van der Waals surface area contributed by atoms with E-state index in [9.17, 15) is 9.59 Å². The van der Waals surface area contributed by atoms with Gasteiger partial charge in [0.25, 0.3) is 0 Å². The molecule has 136 valence electrons. The summed E-state index contributed by atoms with van der Waals surface area (Å²) < 4.78 is 0. The smallest absolute Gasteiger partial charge is 0.220 e. The normalized spacial score (nSPS) is 13.1. The second-order valence-corrected chi connectivity index (χ2v) is 7.15. The molecule has 1 amide bonds. The van der Waals surface area contributed by atoms with E-state index in [4.69, 9.17) is 5.73 Å². The maximum absolute atomic E-state index is 12.3. The molecule has 0 aliphatic rings. The Morgan fingerprint density at radius 2 is 1.83 bits per heavy atom. The summed E-state index contributed by atoms with van der Waals surface area (Å²) in [5, 5.41) is 2.99. The molecule has 1 atom stereocenters. The van der Waals surface area contributed by atoms with Crippen molar-refractivity contribution in [3.05, 3.63) is 34.9 Å². The van der Waals surface area contributed by atoms with Gasteiger partial charge >= 0.3 is 0 Å². The standard InChI is InChI=1S/C19H30N2O2.ClH/c1-13(2)11-19(5,12-20)21-18(23)9-8-17(22)16-10-14(3)6-7-15(16)4;/h6-7,10,13H,8-9,11-12,20H2,1-5H3,(H,21,23);1H. The average molecular weight is 355 g/mol. The van der Waals surface area contributed by atoms with Gasteiger partial charge < -0.3 is 11.1 Å². The first kappa shape index (κ1) is 22.6. The van der Waals surface area contributed by atoms with Crippen LogP contribution in [0.25, 0.3) is 0 Å². The van der Waals surface area contributed by atoms with Crippen molar-refractivity contribution in [3.8, 4) is 0 Å². The molecule has 5 heteroatoms. The monoisotopic (exact) mass is 354 g/mol. The van der Waals surface area contributed by atoms with Crippen molar-refractivity contribution in [2.75, 3.05) is 6.54 Å². The van der Waals surface area contributed by atoms with E-state index in [1.807, 2.05) is 39.0 Å². The van der Waals surface area contributed by atoms with Gasteiger partial charge in [-0.05, 0) is 44.7 Å². The van der Waals surface area contributed by atoms with Crippen LogP contribution in [0.2, 0.25) is 0 Å². The summed E-state index contributed by atoms with van der Waals surface area (Å²) >= 11 is 0. The first-order valence-corrected chi connectivity index (χ1v) is 8.28. The zero-order valence-corrected chi connectivity index (χ0v) is 16.3. The molecule has 0 aliphatic heterocycles. The van der Waals surface area contributed by atoms with Crippen LogP contribution in [0.15, 0.2) is 18.2 Å². The molecule has 0 bridgehead atoms. The highest BCUT2D eigenvalue weighted by Gasteiger charge is 2.26. The Labute approximate surface area is 152 Å². The molecule has 0 spiro atoms. The highest BCUT2D eigenvalue weighted by molar-refractivity contribution is 5.99. The lowest BCUT2D eigenvalue weighted by atomic mass is 9.90. The lowest BCUT2D eigenvalue weighted by molar-refractivity contribution is -0.122. The van der Waals surface area contributed by atoms with Crippen molar-refractivity contribution in [2.45, 2.75) is 59.4 Å². The van der Waals surface area contributed by atoms with E-state index in [0.717, 1.165) is 17.5 Å². The molecule has 1 unspecified atom stereocenters. The van der Waals surface area contributed by atoms with Crippen LogP contribution in [0.5, 0.6) is 0 Å². The molecular weight excluding hydrogens is 324 g/mol. The number of ketones is 1. The van der Waals surface area contributed by atoms with Crippen LogP contribution < -0.4 is 11.1 Å². The fourth-order valence-corrected chi connectivity index (χ4v) is 2.88. The van der Waals surface area contributed by atoms with Crippen LogP contribution in [0, 0.1) is 19.8 Å². The van der Waals surface area contributed by atoms with Gasteiger partial charge in [0.15, 0.2) is 5.78 Å². The number of aryl methyl sites for hydroxylation is 2. The number of hydrogen-bond acceptors (Lipinski definition) is 3. The Morgan fingerprint density at radius 1 is 1.21 bits per heavy atom. The van der Waals surface area contributed by atoms with Gasteiger partial charge in [0.2, 0.25) is 5.91 Å². The number of benzene rings is 1. The minimum Gasteiger partial charge on any atom is -0.350 e. The van der Waals surface area contributed by atoms with Crippen LogP contribution >= 0.6 is 12.4 Å². The summed E-state index contributed by atoms with van der Waals surface area (Å²) in [6.07, 6.45) is 1.23. The largest absolute Gasteiger partial charge is 0.350 e. The molecular formula is C19H31ClN2O2. The molecule has 0 fully saturated rings. The second kappa shape index (κ2) is 9.80. The van der Waals surface area contributed by atoms with E-state index in [2.05, 4.69) is 19.2 Å². The van der Waals surface area contributed by atoms with Crippen LogP contribution in [-0.4, -0.2) is 23.8 Å². The fraction of sp³-hybridized carbons (Fsp3) is 0.579. The van der Waals surface area contributed by atoms with Gasteiger partial charge in [0.1, 0.15) is 0 Å². The minimum absolute atomic E-state index is 0. The lowest BCUT2D eigenvalue weighted by Crippen LogP contribution is -2.52. The number of halogens is 1. The topological polar surface area (TPSA) is 72.2 Å². The summed E-state index contributed by atoms with van der Waals surface area (Å²) in [6.45, 7) is 10.4. The van der Waals surface area contributed by atoms with Crippen molar-refractivity contribution >= 4 is 24.1 Å². The van der Waals surface area contributed by atoms with Gasteiger partial charge in [-0.1, -0.05) is 31.5 Å². The summed E-state index contributed by atoms with van der Waals surface area (Å²) in [6, 6.07) is 5.81. The molecule has 1 rings (SSSR count). The van der Waals surface area contributed by atoms with E-state index in [-0.39, 0.29) is 36.9 Å². The zero-order chi connectivity index (χ0) is 17.6. The first-order chi connectivity index (χ1) is 10.7. The predicted molar refractivity (Wildman–Crippen MR) is 102 cm³/mol. The fourth-order valence-electron chi connectivity index (χ4n) is 2.88. The Kier molecular flexibility index (Phi) is 9.23. The van der Waals surface area contributed by atoms with Crippen molar-refractivity contribution < 1.29 is 9.59 Å². The number of nitrogens with two attached hydrogens (primary N) is 1. The molecule has 3 N–H and O–H groups in total. The SMILES string of the molecule is Cc1ccc(C)c(C(=O)CCC(=O)NC(C)(CN)CC(C)C)c1.Cl. The van der Waals surface area contributed by atoms with Gasteiger partial charge in [0.05, 0.1) is 0 Å². The molecule has 0 heterocycles. The maximum Gasteiger partial charge on any atom is 0.220 e. The Morgan fingerprint density at radius 3 is 2.38 bits per heavy atom. The van der Waals surface area contributed by atoms with E-state index < -0.39 is 5.54 Å². The molecule has 0 saturated carbocycles. The minimum atomic E-state index is -0.409. The van der Waals surface area contributed by atoms with Gasteiger partial charge in [-0.2, -0.15) is 0 Å². The van der Waals surface area contributed by atoms with E-state index >= 15 is 0 Å². The maximum atomic E-state index is 12.3. The third-order valence-corrected chi connectivity index (χ3v) is 4.02. The van der Waals surface area contributed by atoms with Crippen molar-refractivity contribution in [2.24, 2.45) is 11.7 Å². The van der Waals surface area contributed by atoms with Crippen LogP contribution in [-0.2, 0) is 4.79 Å². The Hall–Kier alpha value is -1.39. The molecule has 0 aromatic heterocycles. The van der Waals surface area contributed by atoms with Crippen LogP contribution in [0.1, 0.15) is 61.5 Å². The molecule has 0 saturated heterocycles. The van der Waals surface area contributed by atoms with Crippen LogP contribution in [0.4, 0.5) is 0 Å². The van der Waals surface area contributed by atoms with Crippen molar-refractivity contribution in [1.82, 2.24) is 5.32 Å². The van der Waals surface area contributed by atoms with Gasteiger partial charge in [-0.25, -0.2) is 0 Å². The van der Waals surface area contributed by atoms with Crippen LogP contribution in [0.3, 0.4) is 0 Å². The molecule has 1 aromatic carbocycles. The number of amides is 1. The third-order valence-electron chi connectivity index (χ3n) is 4.02. The number of Topliss-reactive ketones (excluding diaryl/α,β-unsaturated/α-hetero) is 1. The molecule has 1 aromatic rings. The lowest BCUT2D eigenvalue weighted by Gasteiger charge is -2.31. The van der Waals surface area contributed by atoms with Gasteiger partial charge in [-0.15, -0.1) is 12.4 Å². The van der Waals surface area contributed by atoms with E-state index in [1.54, 1.807) is 0 Å². The van der Waals surface area contributed by atoms with Gasteiger partial charge in [0, 0.05) is 30.5 Å². The van der Waals surface area contributed by atoms with Crippen molar-refractivity contribution in [1.29, 1.82) is 0 Å². The molecule has 0 radical (unpaired) electrons. The predicted octanol–water partition coefficient (Wildman–Crippen LogP) is 3.57. The highest BCUT2D eigenvalue weighted by Crippen LogP contribution is 2.17. The molecule has 0 aliphatic carbocycles. The van der Waals surface area contributed by atoms with E-state index in [1.165, 1.54) is 0 Å². The summed E-state index contributed by atoms with van der Waals surface area (Å²) in [4.78, 5) is 24.5. The van der Waals surface area contributed by atoms with Crippen molar-refractivity contribution in [3.63, 3.8) is 0 Å². The summed E-state index contributed by atoms with van der Waals surface area (Å²) in [7, 11) is 0. The highest BCUT2D eigenvalue weighted by atomic mass is 35.5. The summed E-state index contributed by atoms with van der Waals surface area (Å²) in [5.74, 6) is 0.345. The van der Waals surface area contributed by atoms with Gasteiger partial charge in [-0.3, -0.25) is 9.59 Å². The molecule has 4 nitrogen and oxygen atoms in total. The number of nitrogens with one attached hydrogen (secondary N) is 1. The number of hydrogen-bond donors (Lipinski definition) is 2. The molecule has 24 heavy (non-hydrogen) atoms. The Bertz CT molecular complexity index is 572. The second-order valence-electron chi connectivity index (χ2n) is 7.15. The average Bonchev–Trinajstić information content (AvgIpc) is 2.46. The zero-order valence-electron chi connectivity index (χ0n) is 15.4. The Balaban J connectivity index is 0.00000529. The first-order valence-electron chi connectivity index (χ1n) is 8.28. The third kappa shape index (κ3) is 7.02. The number of carbonyl (C=O) groups excluding carboxylic acids is 2. The van der Waals surface area contributed by atoms with E-state index in [0.29, 0.717) is 18.0 Å². The number of carbonyl (C=O) groups is 2.